The van der Waals surface area contributed by atoms with Gasteiger partial charge in [-0.25, -0.2) is 8.42 Å². The summed E-state index contributed by atoms with van der Waals surface area (Å²) in [7, 11) is -3.86. The van der Waals surface area contributed by atoms with Gasteiger partial charge in [0, 0.05) is 5.56 Å². The molecule has 1 heterocycles. The Morgan fingerprint density at radius 2 is 1.69 bits per heavy atom. The monoisotopic (exact) mass is 370 g/mol. The van der Waals surface area contributed by atoms with Gasteiger partial charge in [0.25, 0.3) is 10.0 Å². The highest BCUT2D eigenvalue weighted by Crippen LogP contribution is 2.26. The van der Waals surface area contributed by atoms with Gasteiger partial charge in [0.05, 0.1) is 23.4 Å². The van der Waals surface area contributed by atoms with Gasteiger partial charge < -0.3 is 10.2 Å². The zero-order chi connectivity index (χ0) is 18.7. The van der Waals surface area contributed by atoms with Crippen molar-refractivity contribution >= 4 is 21.6 Å². The van der Waals surface area contributed by atoms with E-state index in [0.717, 1.165) is 5.56 Å². The van der Waals surface area contributed by atoms with Crippen molar-refractivity contribution < 1.29 is 17.6 Å². The molecule has 0 radical (unpaired) electrons. The van der Waals surface area contributed by atoms with Crippen molar-refractivity contribution in [1.29, 1.82) is 0 Å². The Morgan fingerprint density at radius 1 is 1.04 bits per heavy atom. The Bertz CT molecular complexity index is 993. The number of nitrogens with two attached hydrogens (primary N) is 1. The Labute approximate surface area is 151 Å². The predicted octanol–water partition coefficient (Wildman–Crippen LogP) is 3.08. The molecule has 3 aromatic rings. The quantitative estimate of drug-likeness (QED) is 0.721. The second-order valence-electron chi connectivity index (χ2n) is 5.82. The molecule has 6 nitrogen and oxygen atoms in total. The van der Waals surface area contributed by atoms with E-state index in [0.29, 0.717) is 11.4 Å². The third-order valence-corrected chi connectivity index (χ3v) is 5.72. The van der Waals surface area contributed by atoms with Crippen LogP contribution in [0, 0.1) is 6.92 Å². The first-order chi connectivity index (χ1) is 12.4. The molecule has 3 rings (SSSR count). The van der Waals surface area contributed by atoms with Crippen LogP contribution in [0.1, 0.15) is 21.7 Å². The molecule has 1 amide bonds. The van der Waals surface area contributed by atoms with Crippen LogP contribution in [-0.2, 0) is 16.6 Å². The molecule has 0 unspecified atom stereocenters. The van der Waals surface area contributed by atoms with Gasteiger partial charge in [0.1, 0.15) is 5.76 Å². The van der Waals surface area contributed by atoms with Crippen LogP contribution in [0.5, 0.6) is 0 Å². The average molecular weight is 370 g/mol. The van der Waals surface area contributed by atoms with Crippen LogP contribution in [-0.4, -0.2) is 14.3 Å². The summed E-state index contributed by atoms with van der Waals surface area (Å²) in [6.45, 7) is 1.98. The number of sulfonamides is 1. The molecular weight excluding hydrogens is 352 g/mol. The van der Waals surface area contributed by atoms with Crippen molar-refractivity contribution in [2.45, 2.75) is 18.4 Å². The molecule has 26 heavy (non-hydrogen) atoms. The number of nitrogens with zero attached hydrogens (tertiary/aromatic N) is 1. The number of carbonyl (C=O) groups is 1. The minimum atomic E-state index is -3.86. The largest absolute Gasteiger partial charge is 0.467 e. The van der Waals surface area contributed by atoms with Crippen LogP contribution in [0.2, 0.25) is 0 Å². The first-order valence-electron chi connectivity index (χ1n) is 7.89. The molecule has 0 saturated carbocycles. The Morgan fingerprint density at radius 3 is 2.23 bits per heavy atom. The van der Waals surface area contributed by atoms with E-state index in [-0.39, 0.29) is 17.0 Å². The molecule has 0 aliphatic heterocycles. The number of aryl methyl sites for hydroxylation is 1. The number of amides is 1. The molecular formula is C19H18N2O4S. The van der Waals surface area contributed by atoms with Crippen molar-refractivity contribution in [2.24, 2.45) is 5.73 Å². The summed E-state index contributed by atoms with van der Waals surface area (Å²) in [6, 6.07) is 16.1. The lowest BCUT2D eigenvalue weighted by atomic mass is 10.2. The number of hydrogen-bond acceptors (Lipinski definition) is 4. The lowest BCUT2D eigenvalue weighted by Crippen LogP contribution is -2.30. The molecule has 0 saturated heterocycles. The lowest BCUT2D eigenvalue weighted by Gasteiger charge is -2.24. The fraction of sp³-hybridized carbons (Fsp3) is 0.105. The fourth-order valence-electron chi connectivity index (χ4n) is 2.49. The number of hydrogen-bond donors (Lipinski definition) is 1. The first-order valence-corrected chi connectivity index (χ1v) is 9.33. The maximum Gasteiger partial charge on any atom is 0.264 e. The van der Waals surface area contributed by atoms with E-state index >= 15 is 0 Å². The highest BCUT2D eigenvalue weighted by atomic mass is 32.2. The van der Waals surface area contributed by atoms with E-state index < -0.39 is 15.9 Å². The van der Waals surface area contributed by atoms with Crippen molar-refractivity contribution in [1.82, 2.24) is 0 Å². The summed E-state index contributed by atoms with van der Waals surface area (Å²) in [5, 5.41) is 0. The molecule has 0 spiro atoms. The van der Waals surface area contributed by atoms with E-state index in [1.54, 1.807) is 24.3 Å². The first kappa shape index (κ1) is 17.8. The molecule has 134 valence electrons. The third kappa shape index (κ3) is 3.62. The molecule has 7 heteroatoms. The number of primary amides is 1. The predicted molar refractivity (Wildman–Crippen MR) is 98.2 cm³/mol. The molecule has 0 fully saturated rings. The van der Waals surface area contributed by atoms with Crippen molar-refractivity contribution in [3.05, 3.63) is 83.8 Å². The number of furan rings is 1. The van der Waals surface area contributed by atoms with E-state index in [1.165, 1.54) is 34.8 Å². The van der Waals surface area contributed by atoms with E-state index in [2.05, 4.69) is 0 Å². The van der Waals surface area contributed by atoms with Gasteiger partial charge in [-0.1, -0.05) is 17.7 Å². The molecule has 0 atom stereocenters. The van der Waals surface area contributed by atoms with E-state index in [1.807, 2.05) is 19.1 Å². The van der Waals surface area contributed by atoms with Gasteiger partial charge in [-0.3, -0.25) is 9.10 Å². The van der Waals surface area contributed by atoms with Crippen molar-refractivity contribution in [3.63, 3.8) is 0 Å². The molecule has 0 bridgehead atoms. The normalized spacial score (nSPS) is 11.3. The maximum atomic E-state index is 13.2. The second-order valence-corrected chi connectivity index (χ2v) is 7.68. The van der Waals surface area contributed by atoms with Crippen LogP contribution in [0.15, 0.2) is 76.2 Å². The van der Waals surface area contributed by atoms with Crippen molar-refractivity contribution in [2.75, 3.05) is 4.31 Å². The zero-order valence-corrected chi connectivity index (χ0v) is 14.9. The Hall–Kier alpha value is -3.06. The van der Waals surface area contributed by atoms with Crippen molar-refractivity contribution in [3.8, 4) is 0 Å². The number of rotatable bonds is 6. The third-order valence-electron chi connectivity index (χ3n) is 3.93. The smallest absolute Gasteiger partial charge is 0.264 e. The summed E-state index contributed by atoms with van der Waals surface area (Å²) in [4.78, 5) is 11.3. The molecule has 0 aliphatic rings. The molecule has 2 aromatic carbocycles. The number of carbonyl (C=O) groups excluding carboxylic acids is 1. The lowest BCUT2D eigenvalue weighted by molar-refractivity contribution is 0.1000. The molecule has 1 aromatic heterocycles. The number of benzene rings is 2. The summed E-state index contributed by atoms with van der Waals surface area (Å²) < 4.78 is 33.0. The van der Waals surface area contributed by atoms with Gasteiger partial charge in [0.15, 0.2) is 0 Å². The van der Waals surface area contributed by atoms with Gasteiger partial charge in [-0.2, -0.15) is 0 Å². The topological polar surface area (TPSA) is 93.6 Å². The highest BCUT2D eigenvalue weighted by molar-refractivity contribution is 7.92. The Balaban J connectivity index is 2.03. The molecule has 2 N–H and O–H groups in total. The molecule has 0 aliphatic carbocycles. The van der Waals surface area contributed by atoms with Crippen LogP contribution in [0.4, 0.5) is 5.69 Å². The second kappa shape index (κ2) is 7.05. The van der Waals surface area contributed by atoms with Gasteiger partial charge >= 0.3 is 0 Å². The zero-order valence-electron chi connectivity index (χ0n) is 14.1. The average Bonchev–Trinajstić information content (AvgIpc) is 3.14. The van der Waals surface area contributed by atoms with E-state index in [9.17, 15) is 13.2 Å². The summed E-state index contributed by atoms with van der Waals surface area (Å²) >= 11 is 0. The van der Waals surface area contributed by atoms with Crippen LogP contribution in [0.3, 0.4) is 0 Å². The summed E-state index contributed by atoms with van der Waals surface area (Å²) in [5.74, 6) is -0.0946. The van der Waals surface area contributed by atoms with Gasteiger partial charge in [-0.15, -0.1) is 0 Å². The fourth-order valence-corrected chi connectivity index (χ4v) is 3.92. The standard InChI is InChI=1S/C19H18N2O4S/c1-14-4-8-16(9-5-14)21(13-17-3-2-12-25-17)26(23,24)18-10-6-15(7-11-18)19(20)22/h2-12H,13H2,1H3,(H2,20,22). The van der Waals surface area contributed by atoms with Crippen LogP contribution < -0.4 is 10.0 Å². The minimum absolute atomic E-state index is 0.0516. The minimum Gasteiger partial charge on any atom is -0.467 e. The summed E-state index contributed by atoms with van der Waals surface area (Å²) in [5.41, 5.74) is 7.01. The van der Waals surface area contributed by atoms with Crippen LogP contribution in [0.25, 0.3) is 0 Å². The Kier molecular flexibility index (Phi) is 4.81. The summed E-state index contributed by atoms with van der Waals surface area (Å²) in [6.07, 6.45) is 1.50. The SMILES string of the molecule is Cc1ccc(N(Cc2ccco2)S(=O)(=O)c2ccc(C(N)=O)cc2)cc1. The van der Waals surface area contributed by atoms with E-state index in [4.69, 9.17) is 10.2 Å². The van der Waals surface area contributed by atoms with Gasteiger partial charge in [-0.05, 0) is 55.5 Å². The van der Waals surface area contributed by atoms with Crippen LogP contribution >= 0.6 is 0 Å². The number of anilines is 1. The highest BCUT2D eigenvalue weighted by Gasteiger charge is 2.26. The maximum absolute atomic E-state index is 13.2. The van der Waals surface area contributed by atoms with Gasteiger partial charge in [0.2, 0.25) is 5.91 Å².